The van der Waals surface area contributed by atoms with Crippen LogP contribution in [0.4, 0.5) is 11.6 Å². The molecule has 2 N–H and O–H groups in total. The summed E-state index contributed by atoms with van der Waals surface area (Å²) in [6.45, 7) is 43.7. The first-order chi connectivity index (χ1) is 28.9. The number of esters is 2. The summed E-state index contributed by atoms with van der Waals surface area (Å²) in [4.78, 5) is 52.1. The Balaban J connectivity index is 1.88. The first kappa shape index (κ1) is 52.3. The van der Waals surface area contributed by atoms with Crippen LogP contribution in [0, 0.1) is 69.0 Å². The number of aromatic amines is 1. The quantitative estimate of drug-likeness (QED) is 0.190. The number of amides is 1. The van der Waals surface area contributed by atoms with Crippen molar-refractivity contribution in [3.8, 4) is 0 Å². The molecule has 0 aromatic carbocycles. The van der Waals surface area contributed by atoms with Crippen molar-refractivity contribution < 1.29 is 23.9 Å². The molecule has 10 heteroatoms. The Labute approximate surface area is 382 Å². The first-order valence-corrected chi connectivity index (χ1v) is 24.7. The van der Waals surface area contributed by atoms with Gasteiger partial charge in [-0.3, -0.25) is 4.79 Å². The third kappa shape index (κ3) is 12.3. The fourth-order valence-corrected chi connectivity index (χ4v) is 10.9. The Morgan fingerprint density at radius 1 is 0.698 bits per heavy atom. The van der Waals surface area contributed by atoms with Gasteiger partial charge in [-0.25, -0.2) is 14.6 Å². The van der Waals surface area contributed by atoms with E-state index in [-0.39, 0.29) is 98.6 Å². The van der Waals surface area contributed by atoms with Gasteiger partial charge in [-0.2, -0.15) is 0 Å². The number of azo groups is 1. The van der Waals surface area contributed by atoms with Crippen molar-refractivity contribution in [2.75, 3.05) is 5.32 Å². The number of rotatable bonds is 13. The number of carbonyl (C=O) groups is 3. The number of amidine groups is 1. The lowest BCUT2D eigenvalue weighted by atomic mass is 9.59. The summed E-state index contributed by atoms with van der Waals surface area (Å²) < 4.78 is 13.5. The highest BCUT2D eigenvalue weighted by molar-refractivity contribution is 6.10. The molecule has 4 rings (SSSR count). The predicted molar refractivity (Wildman–Crippen MR) is 258 cm³/mol. The lowest BCUT2D eigenvalue weighted by Gasteiger charge is -2.50. The largest absolute Gasteiger partial charge is 0.458 e. The van der Waals surface area contributed by atoms with Crippen LogP contribution in [-0.2, 0) is 19.1 Å². The third-order valence-electron chi connectivity index (χ3n) is 14.7. The number of hydrogen-bond donors (Lipinski definition) is 2. The summed E-state index contributed by atoms with van der Waals surface area (Å²) in [6.07, 6.45) is 6.62. The zero-order chi connectivity index (χ0) is 47.7. The number of nitrogens with one attached hydrogen (secondary N) is 2. The van der Waals surface area contributed by atoms with Crippen LogP contribution in [0.2, 0.25) is 0 Å². The third-order valence-corrected chi connectivity index (χ3v) is 14.7. The molecule has 2 heterocycles. The normalized spacial score (nSPS) is 27.4. The van der Waals surface area contributed by atoms with Gasteiger partial charge in [-0.1, -0.05) is 151 Å². The van der Waals surface area contributed by atoms with Crippen LogP contribution in [-0.4, -0.2) is 40.9 Å². The summed E-state index contributed by atoms with van der Waals surface area (Å²) >= 11 is 0. The lowest BCUT2D eigenvalue weighted by Crippen LogP contribution is -2.49. The Bertz CT molecular complexity index is 1830. The number of hydrogen-bond acceptors (Lipinski definition) is 7. The Kier molecular flexibility index (Phi) is 16.7. The molecule has 0 saturated heterocycles. The Hall–Kier alpha value is -3.30. The van der Waals surface area contributed by atoms with E-state index in [2.05, 4.69) is 124 Å². The van der Waals surface area contributed by atoms with Crippen molar-refractivity contribution >= 4 is 35.3 Å². The van der Waals surface area contributed by atoms with E-state index >= 15 is 4.79 Å². The highest BCUT2D eigenvalue weighted by atomic mass is 16.5. The maximum absolute atomic E-state index is 15.1. The molecular weight excluding hydrogens is 787 g/mol. The second-order valence-electron chi connectivity index (χ2n) is 24.9. The van der Waals surface area contributed by atoms with Crippen molar-refractivity contribution in [2.45, 2.75) is 208 Å². The van der Waals surface area contributed by atoms with Crippen LogP contribution in [0.3, 0.4) is 0 Å². The molecule has 1 aromatic heterocycles. The minimum Gasteiger partial charge on any atom is -0.458 e. The number of carbonyl (C=O) groups excluding carboxylic acids is 3. The Morgan fingerprint density at radius 2 is 1.14 bits per heavy atom. The number of aliphatic imine (C=N–C) groups is 1. The maximum Gasteiger partial charge on any atom is 0.359 e. The maximum atomic E-state index is 15.1. The molecule has 3 aliphatic rings. The van der Waals surface area contributed by atoms with Crippen LogP contribution >= 0.6 is 0 Å². The lowest BCUT2D eigenvalue weighted by molar-refractivity contribution is -0.165. The second kappa shape index (κ2) is 20.1. The van der Waals surface area contributed by atoms with Gasteiger partial charge in [0, 0.05) is 40.7 Å². The zero-order valence-corrected chi connectivity index (χ0v) is 43.4. The standard InChI is InChI=1S/C53H89N5O5/c1-21-23-24-33(22-2)47(59)56-45-40(48(60)62-42-34(50(9,10)11)25-31(7)26-35(42)51(12,13)14)38(29(3)4)44(54-45)55-46-39(30(5)6)41(57-58-46)49(61)63-43-36(52(15,16)17)27-32(8)28-37(43)53(18,19)20/h29-37,42-43,54H,21-28H2,1-20H3,(H,56,59). The van der Waals surface area contributed by atoms with Crippen LogP contribution in [0.5, 0.6) is 0 Å². The van der Waals surface area contributed by atoms with Crippen LogP contribution in [0.1, 0.15) is 212 Å². The SMILES string of the molecule is CCCCC(CC)C(=O)Nc1[nH]c(N=C2N=NC(C(=O)OC3C(C(C)(C)C)CC(C)CC3C(C)(C)C)=C2C(C)C)c(C(C)C)c1C(=O)OC1C(C(C)(C)C)CC(C)CC1C(C)(C)C. The number of H-pyrrole nitrogens is 1. The van der Waals surface area contributed by atoms with Crippen LogP contribution in [0.15, 0.2) is 26.5 Å². The molecule has 1 aromatic rings. The van der Waals surface area contributed by atoms with Crippen molar-refractivity contribution in [1.29, 1.82) is 0 Å². The topological polar surface area (TPSA) is 135 Å². The van der Waals surface area contributed by atoms with E-state index in [1.54, 1.807) is 0 Å². The number of unbranched alkanes of at least 4 members (excludes halogenated alkanes) is 1. The van der Waals surface area contributed by atoms with Gasteiger partial charge in [0.1, 0.15) is 29.4 Å². The second-order valence-corrected chi connectivity index (χ2v) is 24.9. The van der Waals surface area contributed by atoms with E-state index in [4.69, 9.17) is 14.5 Å². The first-order valence-electron chi connectivity index (χ1n) is 24.7. The highest BCUT2D eigenvalue weighted by Gasteiger charge is 2.50. The van der Waals surface area contributed by atoms with Gasteiger partial charge in [0.2, 0.25) is 5.91 Å². The van der Waals surface area contributed by atoms with Crippen molar-refractivity contribution in [3.63, 3.8) is 0 Å². The van der Waals surface area contributed by atoms with Crippen molar-refractivity contribution in [2.24, 2.45) is 84.2 Å². The molecule has 1 amide bonds. The molecule has 2 fully saturated rings. The summed E-state index contributed by atoms with van der Waals surface area (Å²) in [5, 5.41) is 12.2. The summed E-state index contributed by atoms with van der Waals surface area (Å²) in [5.74, 6) is 0.890. The zero-order valence-electron chi connectivity index (χ0n) is 43.4. The molecule has 1 aliphatic heterocycles. The van der Waals surface area contributed by atoms with Gasteiger partial charge in [0.25, 0.3) is 0 Å². The van der Waals surface area contributed by atoms with E-state index < -0.39 is 11.9 Å². The minimum absolute atomic E-state index is 0.0705. The molecule has 5 unspecified atom stereocenters. The van der Waals surface area contributed by atoms with Crippen molar-refractivity contribution in [3.05, 3.63) is 22.4 Å². The fourth-order valence-electron chi connectivity index (χ4n) is 10.9. The summed E-state index contributed by atoms with van der Waals surface area (Å²) in [6, 6.07) is 0. The molecule has 5 atom stereocenters. The van der Waals surface area contributed by atoms with Gasteiger partial charge >= 0.3 is 11.9 Å². The Morgan fingerprint density at radius 3 is 1.52 bits per heavy atom. The molecule has 356 valence electrons. The van der Waals surface area contributed by atoms with E-state index in [0.717, 1.165) is 44.9 Å². The molecule has 0 spiro atoms. The smallest absolute Gasteiger partial charge is 0.359 e. The van der Waals surface area contributed by atoms with Crippen molar-refractivity contribution in [1.82, 2.24) is 4.98 Å². The molecular formula is C53H89N5O5. The number of aromatic nitrogens is 1. The fraction of sp³-hybridized carbons (Fsp3) is 0.811. The molecule has 63 heavy (non-hydrogen) atoms. The molecule has 2 aliphatic carbocycles. The predicted octanol–water partition coefficient (Wildman–Crippen LogP) is 14.6. The number of ether oxygens (including phenoxy) is 2. The van der Waals surface area contributed by atoms with Gasteiger partial charge in [0.15, 0.2) is 11.5 Å². The molecule has 2 saturated carbocycles. The average molecular weight is 876 g/mol. The van der Waals surface area contributed by atoms with Gasteiger partial charge < -0.3 is 19.8 Å². The van der Waals surface area contributed by atoms with E-state index in [9.17, 15) is 9.59 Å². The van der Waals surface area contributed by atoms with Crippen LogP contribution < -0.4 is 5.32 Å². The number of nitrogens with zero attached hydrogens (tertiary/aromatic N) is 3. The highest BCUT2D eigenvalue weighted by Crippen LogP contribution is 2.52. The minimum atomic E-state index is -0.482. The van der Waals surface area contributed by atoms with E-state index in [1.165, 1.54) is 0 Å². The van der Waals surface area contributed by atoms with Gasteiger partial charge in [-0.15, -0.1) is 10.2 Å². The molecule has 0 bridgehead atoms. The van der Waals surface area contributed by atoms with Gasteiger partial charge in [0.05, 0.1) is 0 Å². The average Bonchev–Trinajstić information content (AvgIpc) is 3.73. The monoisotopic (exact) mass is 876 g/mol. The van der Waals surface area contributed by atoms with E-state index in [0.29, 0.717) is 40.8 Å². The van der Waals surface area contributed by atoms with Gasteiger partial charge in [-0.05, 0) is 83.9 Å². The van der Waals surface area contributed by atoms with Crippen LogP contribution in [0.25, 0.3) is 0 Å². The number of anilines is 1. The summed E-state index contributed by atoms with van der Waals surface area (Å²) in [5.41, 5.74) is 1.32. The molecule has 0 radical (unpaired) electrons. The summed E-state index contributed by atoms with van der Waals surface area (Å²) in [7, 11) is 0. The molecule has 10 nitrogen and oxygen atoms in total. The van der Waals surface area contributed by atoms with E-state index in [1.807, 2.05) is 34.6 Å².